The standard InChI is InChI=1S/C60H80N4O7S.C2H6/c1-41(27-50-19-15-13-17-43(50)3)36-62-55-34-57(45(5)29-53(55)46(6)65)70-38-48-30-49(32-52(31-48)64(40-60(8,9)72-12)23-26-69-25-22-61-21-24-67-10)39-71-59-35-56(54(47(7)66)33-58(59)68-11)63-37-42(2)28-51-20-16-14-18-44(51)4;1-2/h13-20,29-35,37,41-42,61-62H,21-28,36,38-40H2,1-12H3;1-2H3/t41-,42?;/m0./s1. The number of carbonyl (C=O) groups is 2. The zero-order valence-corrected chi connectivity index (χ0v) is 47.9. The lowest BCUT2D eigenvalue weighted by Gasteiger charge is -2.34. The van der Waals surface area contributed by atoms with Crippen molar-refractivity contribution in [3.05, 3.63) is 141 Å². The normalized spacial score (nSPS) is 12.2. The number of hydrogen-bond donors (Lipinski definition) is 2. The average Bonchev–Trinajstić information content (AvgIpc) is 3.38. The van der Waals surface area contributed by atoms with Crippen LogP contribution in [0.1, 0.15) is 115 Å². The lowest BCUT2D eigenvalue weighted by molar-refractivity contribution is 0.100. The molecule has 402 valence electrons. The number of nitrogens with one attached hydrogen (secondary N) is 2. The van der Waals surface area contributed by atoms with E-state index < -0.39 is 0 Å². The smallest absolute Gasteiger partial charge is 0.163 e. The summed E-state index contributed by atoms with van der Waals surface area (Å²) in [5, 5.41) is 6.95. The molecule has 0 aliphatic heterocycles. The number of anilines is 2. The van der Waals surface area contributed by atoms with Gasteiger partial charge in [0.15, 0.2) is 23.1 Å². The van der Waals surface area contributed by atoms with Gasteiger partial charge in [-0.25, -0.2) is 0 Å². The van der Waals surface area contributed by atoms with Gasteiger partial charge in [0, 0.05) is 85.4 Å². The van der Waals surface area contributed by atoms with Crippen LogP contribution in [0.5, 0.6) is 17.2 Å². The van der Waals surface area contributed by atoms with E-state index in [0.717, 1.165) is 60.5 Å². The summed E-state index contributed by atoms with van der Waals surface area (Å²) in [5.74, 6) is 1.95. The summed E-state index contributed by atoms with van der Waals surface area (Å²) in [6.07, 6.45) is 5.81. The maximum atomic E-state index is 13.0. The number of thioether (sulfide) groups is 1. The van der Waals surface area contributed by atoms with Gasteiger partial charge in [-0.2, -0.15) is 11.8 Å². The molecule has 2 atom stereocenters. The fourth-order valence-corrected chi connectivity index (χ4v) is 8.75. The highest BCUT2D eigenvalue weighted by molar-refractivity contribution is 7.99. The van der Waals surface area contributed by atoms with Gasteiger partial charge in [-0.1, -0.05) is 76.2 Å². The van der Waals surface area contributed by atoms with Crippen molar-refractivity contribution in [1.82, 2.24) is 5.32 Å². The molecular formula is C62H86N4O7S. The molecule has 0 spiro atoms. The van der Waals surface area contributed by atoms with Gasteiger partial charge in [0.05, 0.1) is 32.6 Å². The third kappa shape index (κ3) is 19.6. The predicted octanol–water partition coefficient (Wildman–Crippen LogP) is 13.3. The SMILES string of the molecule is CC.COCCNCCOCCN(CC(C)(C)SC)c1cc(COc2cc(NC[C@@H](C)Cc3ccccc3C)c(C(C)=O)cc2C)cc(COc2cc(N=CC(C)Cc3ccccc3C)c(C(C)=O)cc2OC)c1. The third-order valence-corrected chi connectivity index (χ3v) is 14.1. The highest BCUT2D eigenvalue weighted by atomic mass is 32.2. The number of benzene rings is 5. The van der Waals surface area contributed by atoms with Gasteiger partial charge in [0.1, 0.15) is 19.0 Å². The topological polar surface area (TPSA) is 120 Å². The van der Waals surface area contributed by atoms with Gasteiger partial charge in [-0.3, -0.25) is 14.6 Å². The molecule has 0 aliphatic carbocycles. The van der Waals surface area contributed by atoms with Crippen molar-refractivity contribution in [2.45, 2.75) is 107 Å². The van der Waals surface area contributed by atoms with Crippen LogP contribution in [-0.4, -0.2) is 95.5 Å². The van der Waals surface area contributed by atoms with Crippen LogP contribution in [0.4, 0.5) is 17.1 Å². The maximum Gasteiger partial charge on any atom is 0.163 e. The second kappa shape index (κ2) is 31.3. The Morgan fingerprint density at radius 2 is 1.34 bits per heavy atom. The summed E-state index contributed by atoms with van der Waals surface area (Å²) in [7, 11) is 3.28. The first-order chi connectivity index (χ1) is 35.5. The Hall–Kier alpha value is -5.66. The van der Waals surface area contributed by atoms with Crippen LogP contribution in [0, 0.1) is 32.6 Å². The van der Waals surface area contributed by atoms with Crippen LogP contribution in [0.3, 0.4) is 0 Å². The van der Waals surface area contributed by atoms with Crippen molar-refractivity contribution in [2.24, 2.45) is 16.8 Å². The van der Waals surface area contributed by atoms with E-state index in [1.165, 1.54) is 22.3 Å². The molecule has 0 saturated heterocycles. The molecule has 5 aromatic carbocycles. The second-order valence-corrected chi connectivity index (χ2v) is 21.1. The molecule has 5 rings (SSSR count). The zero-order chi connectivity index (χ0) is 54.2. The lowest BCUT2D eigenvalue weighted by Crippen LogP contribution is -2.39. The average molecular weight is 1030 g/mol. The van der Waals surface area contributed by atoms with Gasteiger partial charge >= 0.3 is 0 Å². The Kier molecular flexibility index (Phi) is 25.7. The van der Waals surface area contributed by atoms with E-state index in [1.807, 2.05) is 56.9 Å². The highest BCUT2D eigenvalue weighted by Gasteiger charge is 2.23. The first kappa shape index (κ1) is 60.9. The summed E-state index contributed by atoms with van der Waals surface area (Å²) in [6, 6.07) is 30.7. The Morgan fingerprint density at radius 1 is 0.730 bits per heavy atom. The molecule has 11 nitrogen and oxygen atoms in total. The third-order valence-electron chi connectivity index (χ3n) is 12.8. The van der Waals surface area contributed by atoms with Crippen molar-refractivity contribution in [2.75, 3.05) is 83.2 Å². The summed E-state index contributed by atoms with van der Waals surface area (Å²) in [4.78, 5) is 33.2. The number of hydrogen-bond acceptors (Lipinski definition) is 12. The van der Waals surface area contributed by atoms with Crippen LogP contribution in [-0.2, 0) is 35.5 Å². The Labute approximate surface area is 448 Å². The molecule has 0 aliphatic rings. The van der Waals surface area contributed by atoms with Gasteiger partial charge in [-0.15, -0.1) is 0 Å². The van der Waals surface area contributed by atoms with Gasteiger partial charge in [-0.05, 0) is 149 Å². The lowest BCUT2D eigenvalue weighted by atomic mass is 9.97. The first-order valence-electron chi connectivity index (χ1n) is 26.2. The van der Waals surface area contributed by atoms with Crippen molar-refractivity contribution in [3.63, 3.8) is 0 Å². The molecule has 5 aromatic rings. The van der Waals surface area contributed by atoms with E-state index in [9.17, 15) is 9.59 Å². The van der Waals surface area contributed by atoms with Crippen molar-refractivity contribution >= 4 is 46.6 Å². The Bertz CT molecular complexity index is 2580. The van der Waals surface area contributed by atoms with Crippen LogP contribution in [0.2, 0.25) is 0 Å². The minimum absolute atomic E-state index is 0.00480. The monoisotopic (exact) mass is 1030 g/mol. The number of aliphatic imine (C=N–C) groups is 1. The van der Waals surface area contributed by atoms with E-state index in [0.29, 0.717) is 72.9 Å². The zero-order valence-electron chi connectivity index (χ0n) is 47.0. The second-order valence-electron chi connectivity index (χ2n) is 19.6. The fraction of sp³-hybridized carbons (Fsp3) is 0.468. The molecule has 0 fully saturated rings. The molecule has 0 heterocycles. The first-order valence-corrected chi connectivity index (χ1v) is 27.4. The van der Waals surface area contributed by atoms with Crippen molar-refractivity contribution < 1.29 is 33.3 Å². The van der Waals surface area contributed by atoms with E-state index in [1.54, 1.807) is 40.2 Å². The van der Waals surface area contributed by atoms with Crippen molar-refractivity contribution in [1.29, 1.82) is 0 Å². The number of rotatable bonds is 31. The van der Waals surface area contributed by atoms with Crippen LogP contribution < -0.4 is 29.7 Å². The number of methoxy groups -OCH3 is 2. The maximum absolute atomic E-state index is 13.0. The predicted molar refractivity (Wildman–Crippen MR) is 311 cm³/mol. The summed E-state index contributed by atoms with van der Waals surface area (Å²) >= 11 is 1.82. The number of Topliss-reactive ketones (excluding diaryl/α,β-unsaturated/α-hetero) is 2. The van der Waals surface area contributed by atoms with Gasteiger partial charge in [0.25, 0.3) is 0 Å². The summed E-state index contributed by atoms with van der Waals surface area (Å²) < 4.78 is 30.4. The van der Waals surface area contributed by atoms with Gasteiger partial charge < -0.3 is 39.2 Å². The Morgan fingerprint density at radius 3 is 1.93 bits per heavy atom. The minimum Gasteiger partial charge on any atom is -0.493 e. The fourth-order valence-electron chi connectivity index (χ4n) is 8.47. The molecule has 12 heteroatoms. The Balaban J connectivity index is 0.00000585. The molecule has 0 amide bonds. The van der Waals surface area contributed by atoms with E-state index in [2.05, 4.69) is 124 Å². The number of nitrogens with zero attached hydrogens (tertiary/aromatic N) is 2. The van der Waals surface area contributed by atoms with E-state index in [4.69, 9.17) is 28.7 Å². The largest absolute Gasteiger partial charge is 0.493 e. The van der Waals surface area contributed by atoms with Gasteiger partial charge in [0.2, 0.25) is 0 Å². The van der Waals surface area contributed by atoms with E-state index >= 15 is 0 Å². The quantitative estimate of drug-likeness (QED) is 0.0251. The summed E-state index contributed by atoms with van der Waals surface area (Å²) in [5.41, 5.74) is 11.3. The molecule has 1 unspecified atom stereocenters. The molecule has 74 heavy (non-hydrogen) atoms. The van der Waals surface area contributed by atoms with Crippen LogP contribution in [0.15, 0.2) is 96.0 Å². The number of aryl methyl sites for hydroxylation is 3. The number of ether oxygens (including phenoxy) is 5. The van der Waals surface area contributed by atoms with E-state index in [-0.39, 0.29) is 35.4 Å². The minimum atomic E-state index is -0.114. The molecule has 0 radical (unpaired) electrons. The molecule has 0 aromatic heterocycles. The van der Waals surface area contributed by atoms with Crippen LogP contribution >= 0.6 is 11.8 Å². The summed E-state index contributed by atoms with van der Waals surface area (Å²) in [6.45, 7) is 28.1. The number of ketones is 2. The van der Waals surface area contributed by atoms with Crippen LogP contribution in [0.25, 0.3) is 0 Å². The number of carbonyl (C=O) groups excluding carboxylic acids is 2. The highest BCUT2D eigenvalue weighted by Crippen LogP contribution is 2.37. The molecular weight excluding hydrogens is 945 g/mol. The van der Waals surface area contributed by atoms with Crippen molar-refractivity contribution in [3.8, 4) is 17.2 Å². The molecule has 0 saturated carbocycles. The molecule has 0 bridgehead atoms. The molecule has 2 N–H and O–H groups in total.